The molecule has 0 amide bonds. The topological polar surface area (TPSA) is 73.6 Å². The molecule has 3 N–H and O–H groups in total. The largest absolute Gasteiger partial charge is 0.462 e. The van der Waals surface area contributed by atoms with Crippen LogP contribution in [0.4, 0.5) is 11.4 Å². The van der Waals surface area contributed by atoms with Crippen molar-refractivity contribution in [3.63, 3.8) is 0 Å². The molecule has 1 aromatic carbocycles. The monoisotopic (exact) mass is 278 g/mol. The number of esters is 1. The van der Waals surface area contributed by atoms with Gasteiger partial charge in [0.1, 0.15) is 0 Å². The Balaban J connectivity index is 2.02. The summed E-state index contributed by atoms with van der Waals surface area (Å²) in [6.07, 6.45) is 1.31. The van der Waals surface area contributed by atoms with Crippen molar-refractivity contribution in [2.75, 3.05) is 30.8 Å². The van der Waals surface area contributed by atoms with E-state index in [0.717, 1.165) is 25.3 Å². The summed E-state index contributed by atoms with van der Waals surface area (Å²) in [6, 6.07) is 5.15. The smallest absolute Gasteiger partial charge is 0.338 e. The maximum Gasteiger partial charge on any atom is 0.338 e. The Hall–Kier alpha value is -1.75. The van der Waals surface area contributed by atoms with Crippen molar-refractivity contribution in [1.82, 2.24) is 0 Å². The molecular weight excluding hydrogens is 256 g/mol. The third-order valence-corrected chi connectivity index (χ3v) is 3.65. The molecule has 20 heavy (non-hydrogen) atoms. The van der Waals surface area contributed by atoms with Gasteiger partial charge in [-0.1, -0.05) is 0 Å². The molecule has 5 heteroatoms. The number of hydrogen-bond donors (Lipinski definition) is 2. The van der Waals surface area contributed by atoms with E-state index >= 15 is 0 Å². The van der Waals surface area contributed by atoms with Crippen molar-refractivity contribution < 1.29 is 14.3 Å². The molecule has 110 valence electrons. The van der Waals surface area contributed by atoms with Crippen LogP contribution in [0.5, 0.6) is 0 Å². The third kappa shape index (κ3) is 3.42. The highest BCUT2D eigenvalue weighted by Gasteiger charge is 2.24. The van der Waals surface area contributed by atoms with E-state index in [4.69, 9.17) is 15.2 Å². The van der Waals surface area contributed by atoms with Crippen LogP contribution < -0.4 is 11.1 Å². The normalized spacial score (nSPS) is 21.7. The molecule has 0 radical (unpaired) electrons. The minimum Gasteiger partial charge on any atom is -0.462 e. The van der Waals surface area contributed by atoms with Crippen molar-refractivity contribution in [3.8, 4) is 0 Å². The number of nitrogens with one attached hydrogen (secondary N) is 1. The molecular formula is C15H22N2O3. The number of anilines is 2. The lowest BCUT2D eigenvalue weighted by Crippen LogP contribution is -2.21. The molecule has 1 aliphatic heterocycles. The summed E-state index contributed by atoms with van der Waals surface area (Å²) >= 11 is 0. The molecule has 1 saturated heterocycles. The van der Waals surface area contributed by atoms with Crippen molar-refractivity contribution in [1.29, 1.82) is 0 Å². The number of rotatable bonds is 5. The van der Waals surface area contributed by atoms with Crippen LogP contribution in [0.2, 0.25) is 0 Å². The highest BCUT2D eigenvalue weighted by molar-refractivity contribution is 5.92. The average Bonchev–Trinajstić information content (AvgIpc) is 2.83. The van der Waals surface area contributed by atoms with Gasteiger partial charge in [-0.2, -0.15) is 0 Å². The number of carbonyl (C=O) groups is 1. The van der Waals surface area contributed by atoms with Gasteiger partial charge in [-0.15, -0.1) is 0 Å². The van der Waals surface area contributed by atoms with Gasteiger partial charge in [0.2, 0.25) is 0 Å². The van der Waals surface area contributed by atoms with Gasteiger partial charge in [-0.05, 0) is 38.5 Å². The Morgan fingerprint density at radius 3 is 3.00 bits per heavy atom. The molecule has 2 unspecified atom stereocenters. The minimum atomic E-state index is -0.326. The average molecular weight is 278 g/mol. The summed E-state index contributed by atoms with van der Waals surface area (Å²) in [4.78, 5) is 11.7. The van der Waals surface area contributed by atoms with E-state index in [0.29, 0.717) is 23.8 Å². The molecule has 0 spiro atoms. The first-order valence-electron chi connectivity index (χ1n) is 7.04. The zero-order valence-corrected chi connectivity index (χ0v) is 12.0. The summed E-state index contributed by atoms with van der Waals surface area (Å²) in [5, 5.41) is 3.31. The van der Waals surface area contributed by atoms with Crippen LogP contribution in [0.15, 0.2) is 18.2 Å². The van der Waals surface area contributed by atoms with Gasteiger partial charge in [0, 0.05) is 19.1 Å². The van der Waals surface area contributed by atoms with Crippen molar-refractivity contribution in [2.45, 2.75) is 26.4 Å². The molecule has 2 rings (SSSR count). The Morgan fingerprint density at radius 1 is 1.55 bits per heavy atom. The molecule has 5 nitrogen and oxygen atoms in total. The fraction of sp³-hybridized carbons (Fsp3) is 0.533. The molecule has 1 aromatic rings. The predicted octanol–water partition coefficient (Wildman–Crippen LogP) is 2.28. The Morgan fingerprint density at radius 2 is 2.35 bits per heavy atom. The van der Waals surface area contributed by atoms with Crippen LogP contribution >= 0.6 is 0 Å². The molecule has 1 aliphatic rings. The van der Waals surface area contributed by atoms with Crippen LogP contribution in [-0.2, 0) is 9.47 Å². The number of nitrogens with two attached hydrogens (primary N) is 1. The second kappa shape index (κ2) is 6.61. The number of benzene rings is 1. The van der Waals surface area contributed by atoms with Crippen molar-refractivity contribution in [2.24, 2.45) is 5.92 Å². The minimum absolute atomic E-state index is 0.261. The van der Waals surface area contributed by atoms with Crippen LogP contribution in [0.25, 0.3) is 0 Å². The van der Waals surface area contributed by atoms with Crippen LogP contribution in [-0.4, -0.2) is 31.8 Å². The summed E-state index contributed by atoms with van der Waals surface area (Å²) in [5.41, 5.74) is 7.85. The van der Waals surface area contributed by atoms with Gasteiger partial charge < -0.3 is 20.5 Å². The predicted molar refractivity (Wildman–Crippen MR) is 78.8 cm³/mol. The first-order valence-corrected chi connectivity index (χ1v) is 7.04. The lowest BCUT2D eigenvalue weighted by molar-refractivity contribution is 0.0526. The van der Waals surface area contributed by atoms with E-state index in [2.05, 4.69) is 12.2 Å². The molecule has 1 heterocycles. The third-order valence-electron chi connectivity index (χ3n) is 3.65. The second-order valence-corrected chi connectivity index (χ2v) is 5.03. The number of carbonyl (C=O) groups excluding carboxylic acids is 1. The molecule has 0 aliphatic carbocycles. The lowest BCUT2D eigenvalue weighted by atomic mass is 10.0. The standard InChI is InChI=1S/C15H22N2O3/c1-3-19-15(18)11-4-5-13(16)14(8-11)17-9-12-6-7-20-10(12)2/h4-5,8,10,12,17H,3,6-7,9,16H2,1-2H3. The fourth-order valence-corrected chi connectivity index (χ4v) is 2.34. The highest BCUT2D eigenvalue weighted by Crippen LogP contribution is 2.24. The molecule has 0 aromatic heterocycles. The van der Waals surface area contributed by atoms with Crippen molar-refractivity contribution in [3.05, 3.63) is 23.8 Å². The van der Waals surface area contributed by atoms with E-state index < -0.39 is 0 Å². The molecule has 0 bridgehead atoms. The van der Waals surface area contributed by atoms with Gasteiger partial charge in [-0.3, -0.25) is 0 Å². The Bertz CT molecular complexity index is 476. The summed E-state index contributed by atoms with van der Waals surface area (Å²) < 4.78 is 10.5. The van der Waals surface area contributed by atoms with Gasteiger partial charge in [-0.25, -0.2) is 4.79 Å². The fourth-order valence-electron chi connectivity index (χ4n) is 2.34. The van der Waals surface area contributed by atoms with Gasteiger partial charge in [0.05, 0.1) is 29.6 Å². The number of nitrogen functional groups attached to an aromatic ring is 1. The van der Waals surface area contributed by atoms with Crippen LogP contribution in [0, 0.1) is 5.92 Å². The SMILES string of the molecule is CCOC(=O)c1ccc(N)c(NCC2CCOC2C)c1. The Kier molecular flexibility index (Phi) is 4.84. The summed E-state index contributed by atoms with van der Waals surface area (Å²) in [6.45, 7) is 5.83. The van der Waals surface area contributed by atoms with E-state index in [1.54, 1.807) is 25.1 Å². The quantitative estimate of drug-likeness (QED) is 0.638. The molecule has 1 fully saturated rings. The first kappa shape index (κ1) is 14.7. The first-order chi connectivity index (χ1) is 9.61. The highest BCUT2D eigenvalue weighted by atomic mass is 16.5. The van der Waals surface area contributed by atoms with E-state index in [1.165, 1.54) is 0 Å². The van der Waals surface area contributed by atoms with Crippen LogP contribution in [0.3, 0.4) is 0 Å². The van der Waals surface area contributed by atoms with Crippen LogP contribution in [0.1, 0.15) is 30.6 Å². The number of hydrogen-bond acceptors (Lipinski definition) is 5. The summed E-state index contributed by atoms with van der Waals surface area (Å²) in [7, 11) is 0. The zero-order valence-electron chi connectivity index (χ0n) is 12.0. The summed E-state index contributed by atoms with van der Waals surface area (Å²) in [5.74, 6) is 0.147. The van der Waals surface area contributed by atoms with E-state index in [1.807, 2.05) is 0 Å². The van der Waals surface area contributed by atoms with Gasteiger partial charge in [0.25, 0.3) is 0 Å². The maximum absolute atomic E-state index is 11.7. The molecule has 2 atom stereocenters. The van der Waals surface area contributed by atoms with E-state index in [9.17, 15) is 4.79 Å². The number of ether oxygens (including phenoxy) is 2. The van der Waals surface area contributed by atoms with Gasteiger partial charge >= 0.3 is 5.97 Å². The lowest BCUT2D eigenvalue weighted by Gasteiger charge is -2.17. The van der Waals surface area contributed by atoms with E-state index in [-0.39, 0.29) is 12.1 Å². The molecule has 0 saturated carbocycles. The van der Waals surface area contributed by atoms with Crippen molar-refractivity contribution >= 4 is 17.3 Å². The Labute approximate surface area is 119 Å². The maximum atomic E-state index is 11.7. The van der Waals surface area contributed by atoms with Gasteiger partial charge in [0.15, 0.2) is 0 Å². The zero-order chi connectivity index (χ0) is 14.5. The second-order valence-electron chi connectivity index (χ2n) is 5.03.